The van der Waals surface area contributed by atoms with Gasteiger partial charge in [-0.05, 0) is 40.3 Å². The fourth-order valence-electron chi connectivity index (χ4n) is 3.81. The summed E-state index contributed by atoms with van der Waals surface area (Å²) in [6.45, 7) is 6.43. The lowest BCUT2D eigenvalue weighted by molar-refractivity contribution is -0.142. The minimum atomic E-state index is -0.724. The van der Waals surface area contributed by atoms with Crippen molar-refractivity contribution in [3.05, 3.63) is 101 Å². The van der Waals surface area contributed by atoms with Crippen molar-refractivity contribution in [2.75, 3.05) is 13.7 Å². The summed E-state index contributed by atoms with van der Waals surface area (Å²) in [5.74, 6) is 0.0572. The molecule has 0 aliphatic carbocycles. The van der Waals surface area contributed by atoms with Gasteiger partial charge in [-0.2, -0.15) is 0 Å². The Morgan fingerprint density at radius 2 is 1.57 bits per heavy atom. The van der Waals surface area contributed by atoms with Crippen molar-refractivity contribution in [1.82, 2.24) is 10.2 Å². The monoisotopic (exact) mass is 492 g/mol. The molecule has 184 valence electrons. The van der Waals surface area contributed by atoms with Gasteiger partial charge in [-0.25, -0.2) is 0 Å². The Labute approximate surface area is 213 Å². The molecular weight excluding hydrogens is 460 g/mol. The van der Waals surface area contributed by atoms with E-state index in [2.05, 4.69) is 26.1 Å². The van der Waals surface area contributed by atoms with Crippen LogP contribution < -0.4 is 10.1 Å². The summed E-state index contributed by atoms with van der Waals surface area (Å²) in [6.07, 6.45) is 0.372. The number of hydrogen-bond acceptors (Lipinski definition) is 3. The zero-order chi connectivity index (χ0) is 25.4. The Kier molecular flexibility index (Phi) is 8.94. The Morgan fingerprint density at radius 1 is 0.943 bits per heavy atom. The highest BCUT2D eigenvalue weighted by Crippen LogP contribution is 2.25. The predicted molar refractivity (Wildman–Crippen MR) is 141 cm³/mol. The number of benzene rings is 3. The first kappa shape index (κ1) is 26.3. The molecule has 0 bridgehead atoms. The lowest BCUT2D eigenvalue weighted by Crippen LogP contribution is -2.51. The van der Waals surface area contributed by atoms with Gasteiger partial charge in [0.25, 0.3) is 5.91 Å². The third-order valence-electron chi connectivity index (χ3n) is 5.90. The Bertz CT molecular complexity index is 1120. The normalized spacial score (nSPS) is 12.0. The van der Waals surface area contributed by atoms with Crippen LogP contribution in [0.5, 0.6) is 5.75 Å². The van der Waals surface area contributed by atoms with E-state index in [4.69, 9.17) is 16.3 Å². The van der Waals surface area contributed by atoms with Crippen LogP contribution >= 0.6 is 11.6 Å². The van der Waals surface area contributed by atoms with Crippen molar-refractivity contribution in [3.63, 3.8) is 0 Å². The number of amides is 2. The molecule has 3 aromatic rings. The van der Waals surface area contributed by atoms with Crippen LogP contribution in [0.1, 0.15) is 37.5 Å². The summed E-state index contributed by atoms with van der Waals surface area (Å²) >= 11 is 6.41. The highest BCUT2D eigenvalue weighted by Gasteiger charge is 2.30. The molecule has 35 heavy (non-hydrogen) atoms. The lowest BCUT2D eigenvalue weighted by Gasteiger charge is -2.31. The number of halogens is 1. The number of nitrogens with one attached hydrogen (secondary N) is 1. The predicted octanol–water partition coefficient (Wildman–Crippen LogP) is 5.40. The molecule has 0 aromatic heterocycles. The molecule has 3 rings (SSSR count). The van der Waals surface area contributed by atoms with E-state index in [1.165, 1.54) is 5.56 Å². The van der Waals surface area contributed by atoms with E-state index in [1.807, 2.05) is 72.8 Å². The van der Waals surface area contributed by atoms with Gasteiger partial charge in [0.2, 0.25) is 5.91 Å². The van der Waals surface area contributed by atoms with Crippen LogP contribution in [0.2, 0.25) is 5.02 Å². The molecule has 5 nitrogen and oxygen atoms in total. The summed E-state index contributed by atoms with van der Waals surface area (Å²) in [6, 6.07) is 24.0. The second-order valence-corrected chi connectivity index (χ2v) is 9.90. The number of carbonyl (C=O) groups excluding carboxylic acids is 2. The highest BCUT2D eigenvalue weighted by molar-refractivity contribution is 6.31. The number of rotatable bonds is 9. The maximum absolute atomic E-state index is 13.5. The zero-order valence-corrected chi connectivity index (χ0v) is 21.5. The molecule has 2 amide bonds. The van der Waals surface area contributed by atoms with Gasteiger partial charge < -0.3 is 15.0 Å². The van der Waals surface area contributed by atoms with Crippen molar-refractivity contribution >= 4 is 23.4 Å². The van der Waals surface area contributed by atoms with Crippen LogP contribution in [0.25, 0.3) is 0 Å². The molecule has 0 radical (unpaired) electrons. The first-order chi connectivity index (χ1) is 16.7. The maximum atomic E-state index is 13.5. The largest absolute Gasteiger partial charge is 0.484 e. The first-order valence-corrected chi connectivity index (χ1v) is 12.1. The van der Waals surface area contributed by atoms with Crippen molar-refractivity contribution in [2.45, 2.75) is 45.2 Å². The van der Waals surface area contributed by atoms with Crippen molar-refractivity contribution in [2.24, 2.45) is 0 Å². The van der Waals surface area contributed by atoms with E-state index in [9.17, 15) is 9.59 Å². The molecule has 1 N–H and O–H groups in total. The van der Waals surface area contributed by atoms with E-state index in [0.717, 1.165) is 11.1 Å². The molecule has 0 heterocycles. The van der Waals surface area contributed by atoms with Crippen molar-refractivity contribution in [3.8, 4) is 5.75 Å². The zero-order valence-electron chi connectivity index (χ0n) is 20.8. The molecule has 1 atom stereocenters. The van der Waals surface area contributed by atoms with Gasteiger partial charge in [-0.15, -0.1) is 0 Å². The van der Waals surface area contributed by atoms with E-state index in [0.29, 0.717) is 17.2 Å². The minimum Gasteiger partial charge on any atom is -0.484 e. The molecule has 0 aliphatic heterocycles. The van der Waals surface area contributed by atoms with Gasteiger partial charge in [0.15, 0.2) is 6.61 Å². The highest BCUT2D eigenvalue weighted by atomic mass is 35.5. The maximum Gasteiger partial charge on any atom is 0.261 e. The van der Waals surface area contributed by atoms with Crippen LogP contribution in [-0.4, -0.2) is 36.4 Å². The third kappa shape index (κ3) is 7.33. The standard InChI is InChI=1S/C29H33ClN2O3/c1-29(2,3)23-14-16-24(17-15-23)35-20-27(33)32(19-22-12-8-9-13-25(22)30)26(28(34)31-4)18-21-10-6-5-7-11-21/h5-17,26H,18-20H2,1-4H3,(H,31,34). The number of carbonyl (C=O) groups is 2. The Morgan fingerprint density at radius 3 is 2.17 bits per heavy atom. The van der Waals surface area contributed by atoms with Gasteiger partial charge in [-0.3, -0.25) is 9.59 Å². The number of likely N-dealkylation sites (N-methyl/N-ethyl adjacent to an activating group) is 1. The lowest BCUT2D eigenvalue weighted by atomic mass is 9.87. The molecule has 0 fully saturated rings. The van der Waals surface area contributed by atoms with E-state index >= 15 is 0 Å². The first-order valence-electron chi connectivity index (χ1n) is 11.7. The molecule has 6 heteroatoms. The van der Waals surface area contributed by atoms with Gasteiger partial charge in [0.05, 0.1) is 0 Å². The summed E-state index contributed by atoms with van der Waals surface area (Å²) in [4.78, 5) is 28.0. The van der Waals surface area contributed by atoms with Crippen LogP contribution in [0.15, 0.2) is 78.9 Å². The van der Waals surface area contributed by atoms with E-state index in [1.54, 1.807) is 18.0 Å². The summed E-state index contributed by atoms with van der Waals surface area (Å²) in [5, 5.41) is 3.25. The van der Waals surface area contributed by atoms with Gasteiger partial charge >= 0.3 is 0 Å². The molecule has 3 aromatic carbocycles. The molecule has 0 spiro atoms. The Balaban J connectivity index is 1.85. The fourth-order valence-corrected chi connectivity index (χ4v) is 4.01. The van der Waals surface area contributed by atoms with Gasteiger partial charge in [0.1, 0.15) is 11.8 Å². The van der Waals surface area contributed by atoms with Crippen LogP contribution in [0, 0.1) is 0 Å². The second-order valence-electron chi connectivity index (χ2n) is 9.50. The number of nitrogens with zero attached hydrogens (tertiary/aromatic N) is 1. The topological polar surface area (TPSA) is 58.6 Å². The smallest absolute Gasteiger partial charge is 0.261 e. The minimum absolute atomic E-state index is 0.0261. The molecule has 0 aliphatic rings. The molecule has 0 saturated heterocycles. The van der Waals surface area contributed by atoms with E-state index in [-0.39, 0.29) is 30.4 Å². The van der Waals surface area contributed by atoms with Crippen LogP contribution in [0.4, 0.5) is 0 Å². The Hall–Kier alpha value is -3.31. The molecule has 1 unspecified atom stereocenters. The number of hydrogen-bond donors (Lipinski definition) is 1. The summed E-state index contributed by atoms with van der Waals surface area (Å²) < 4.78 is 5.84. The SMILES string of the molecule is CNC(=O)C(Cc1ccccc1)N(Cc1ccccc1Cl)C(=O)COc1ccc(C(C)(C)C)cc1. The summed E-state index contributed by atoms with van der Waals surface area (Å²) in [7, 11) is 1.58. The van der Waals surface area contributed by atoms with Gasteiger partial charge in [0, 0.05) is 25.0 Å². The number of ether oxygens (including phenoxy) is 1. The van der Waals surface area contributed by atoms with Crippen molar-refractivity contribution in [1.29, 1.82) is 0 Å². The van der Waals surface area contributed by atoms with Crippen molar-refractivity contribution < 1.29 is 14.3 Å². The van der Waals surface area contributed by atoms with Crippen LogP contribution in [0.3, 0.4) is 0 Å². The van der Waals surface area contributed by atoms with Crippen LogP contribution in [-0.2, 0) is 28.0 Å². The average Bonchev–Trinajstić information content (AvgIpc) is 2.85. The molecule has 0 saturated carbocycles. The second kappa shape index (κ2) is 11.9. The fraction of sp³-hybridized carbons (Fsp3) is 0.310. The third-order valence-corrected chi connectivity index (χ3v) is 6.27. The summed E-state index contributed by atoms with van der Waals surface area (Å²) in [5.41, 5.74) is 2.92. The quantitative estimate of drug-likeness (QED) is 0.435. The van der Waals surface area contributed by atoms with E-state index < -0.39 is 6.04 Å². The average molecular weight is 493 g/mol. The molecular formula is C29H33ClN2O3. The van der Waals surface area contributed by atoms with Gasteiger partial charge in [-0.1, -0.05) is 93.0 Å².